The second-order valence-corrected chi connectivity index (χ2v) is 4.35. The van der Waals surface area contributed by atoms with E-state index in [9.17, 15) is 0 Å². The zero-order chi connectivity index (χ0) is 11.4. The highest BCUT2D eigenvalue weighted by atomic mass is 16.5. The molecule has 16 heavy (non-hydrogen) atoms. The fourth-order valence-corrected chi connectivity index (χ4v) is 2.17. The molecule has 2 unspecified atom stereocenters. The monoisotopic (exact) mass is 221 g/mol. The van der Waals surface area contributed by atoms with Crippen molar-refractivity contribution in [3.8, 4) is 5.88 Å². The van der Waals surface area contributed by atoms with Crippen LogP contribution in [0.1, 0.15) is 31.4 Å². The van der Waals surface area contributed by atoms with Crippen LogP contribution in [0.15, 0.2) is 12.1 Å². The molecule has 0 saturated heterocycles. The van der Waals surface area contributed by atoms with Gasteiger partial charge in [-0.1, -0.05) is 6.42 Å². The van der Waals surface area contributed by atoms with E-state index in [1.54, 1.807) is 0 Å². The zero-order valence-corrected chi connectivity index (χ0v) is 9.94. The Morgan fingerprint density at radius 2 is 2.06 bits per heavy atom. The minimum Gasteiger partial charge on any atom is -0.472 e. The van der Waals surface area contributed by atoms with E-state index in [0.29, 0.717) is 11.9 Å². The van der Waals surface area contributed by atoms with Gasteiger partial charge in [0.2, 0.25) is 5.88 Å². The molecule has 1 fully saturated rings. The molecule has 0 radical (unpaired) electrons. The molecular formula is C12H19N3O. The number of aryl methyl sites for hydroxylation is 1. The molecule has 88 valence electrons. The lowest BCUT2D eigenvalue weighted by molar-refractivity contribution is 0.111. The van der Waals surface area contributed by atoms with Crippen LogP contribution in [0.5, 0.6) is 5.88 Å². The van der Waals surface area contributed by atoms with Crippen LogP contribution in [0.2, 0.25) is 0 Å². The summed E-state index contributed by atoms with van der Waals surface area (Å²) in [5.74, 6) is 0.637. The van der Waals surface area contributed by atoms with Crippen LogP contribution >= 0.6 is 0 Å². The molecule has 0 aromatic carbocycles. The molecule has 1 heterocycles. The van der Waals surface area contributed by atoms with E-state index in [-0.39, 0.29) is 6.10 Å². The maximum Gasteiger partial charge on any atom is 0.233 e. The minimum atomic E-state index is 0.232. The van der Waals surface area contributed by atoms with Gasteiger partial charge in [0, 0.05) is 12.1 Å². The lowest BCUT2D eigenvalue weighted by Crippen LogP contribution is -2.43. The normalized spacial score (nSPS) is 25.4. The highest BCUT2D eigenvalue weighted by Gasteiger charge is 2.25. The molecule has 0 aliphatic heterocycles. The Kier molecular flexibility index (Phi) is 3.72. The highest BCUT2D eigenvalue weighted by molar-refractivity contribution is 5.11. The topological polar surface area (TPSA) is 47.0 Å². The third-order valence-electron chi connectivity index (χ3n) is 3.12. The van der Waals surface area contributed by atoms with Gasteiger partial charge in [0.25, 0.3) is 0 Å². The van der Waals surface area contributed by atoms with Crippen molar-refractivity contribution >= 4 is 0 Å². The number of nitrogens with zero attached hydrogens (tertiary/aromatic N) is 2. The van der Waals surface area contributed by atoms with Crippen LogP contribution in [-0.4, -0.2) is 29.4 Å². The van der Waals surface area contributed by atoms with Crippen LogP contribution in [0.4, 0.5) is 0 Å². The standard InChI is InChI=1S/C12H19N3O/c1-9-7-8-12(15-14-9)16-11-6-4-3-5-10(11)13-2/h7-8,10-11,13H,3-6H2,1-2H3. The maximum absolute atomic E-state index is 5.88. The zero-order valence-electron chi connectivity index (χ0n) is 9.94. The van der Waals surface area contributed by atoms with Gasteiger partial charge in [-0.15, -0.1) is 5.10 Å². The van der Waals surface area contributed by atoms with Gasteiger partial charge in [0.05, 0.1) is 5.69 Å². The first-order chi connectivity index (χ1) is 7.79. The second-order valence-electron chi connectivity index (χ2n) is 4.35. The van der Waals surface area contributed by atoms with Crippen molar-refractivity contribution in [3.05, 3.63) is 17.8 Å². The molecule has 4 nitrogen and oxygen atoms in total. The first kappa shape index (κ1) is 11.3. The number of hydrogen-bond donors (Lipinski definition) is 1. The smallest absolute Gasteiger partial charge is 0.233 e. The summed E-state index contributed by atoms with van der Waals surface area (Å²) in [4.78, 5) is 0. The van der Waals surface area contributed by atoms with Gasteiger partial charge < -0.3 is 10.1 Å². The highest BCUT2D eigenvalue weighted by Crippen LogP contribution is 2.22. The Labute approximate surface area is 96.4 Å². The summed E-state index contributed by atoms with van der Waals surface area (Å²) in [5.41, 5.74) is 0.918. The van der Waals surface area contributed by atoms with E-state index >= 15 is 0 Å². The van der Waals surface area contributed by atoms with Crippen molar-refractivity contribution in [2.75, 3.05) is 7.05 Å². The van der Waals surface area contributed by atoms with Gasteiger partial charge in [0.15, 0.2) is 0 Å². The van der Waals surface area contributed by atoms with E-state index in [4.69, 9.17) is 4.74 Å². The summed E-state index contributed by atoms with van der Waals surface area (Å²) < 4.78 is 5.88. The third-order valence-corrected chi connectivity index (χ3v) is 3.12. The van der Waals surface area contributed by atoms with Crippen molar-refractivity contribution < 1.29 is 4.74 Å². The van der Waals surface area contributed by atoms with Crippen LogP contribution in [-0.2, 0) is 0 Å². The number of hydrogen-bond acceptors (Lipinski definition) is 4. The van der Waals surface area contributed by atoms with Crippen LogP contribution in [0.3, 0.4) is 0 Å². The van der Waals surface area contributed by atoms with Crippen molar-refractivity contribution in [2.45, 2.75) is 44.8 Å². The van der Waals surface area contributed by atoms with E-state index in [1.165, 1.54) is 19.3 Å². The largest absolute Gasteiger partial charge is 0.472 e. The second kappa shape index (κ2) is 5.25. The molecule has 1 aliphatic rings. The summed E-state index contributed by atoms with van der Waals surface area (Å²) in [7, 11) is 1.99. The third kappa shape index (κ3) is 2.70. The lowest BCUT2D eigenvalue weighted by Gasteiger charge is -2.30. The fraction of sp³-hybridized carbons (Fsp3) is 0.667. The van der Waals surface area contributed by atoms with Gasteiger partial charge in [-0.2, -0.15) is 5.10 Å². The SMILES string of the molecule is CNC1CCCCC1Oc1ccc(C)nn1. The van der Waals surface area contributed by atoms with E-state index in [0.717, 1.165) is 12.1 Å². The number of aromatic nitrogens is 2. The lowest BCUT2D eigenvalue weighted by atomic mass is 9.92. The first-order valence-corrected chi connectivity index (χ1v) is 5.94. The number of nitrogens with one attached hydrogen (secondary N) is 1. The van der Waals surface area contributed by atoms with Gasteiger partial charge >= 0.3 is 0 Å². The van der Waals surface area contributed by atoms with Crippen molar-refractivity contribution in [1.82, 2.24) is 15.5 Å². The van der Waals surface area contributed by atoms with E-state index in [1.807, 2.05) is 26.1 Å². The predicted octanol–water partition coefficient (Wildman–Crippen LogP) is 1.69. The van der Waals surface area contributed by atoms with Crippen molar-refractivity contribution in [3.63, 3.8) is 0 Å². The van der Waals surface area contributed by atoms with Gasteiger partial charge in [-0.3, -0.25) is 0 Å². The Balaban J connectivity index is 1.99. The Bertz CT molecular complexity index is 326. The maximum atomic E-state index is 5.88. The number of likely N-dealkylation sites (N-methyl/N-ethyl adjacent to an activating group) is 1. The Morgan fingerprint density at radius 3 is 2.75 bits per heavy atom. The molecule has 1 aromatic rings. The predicted molar refractivity (Wildman–Crippen MR) is 62.5 cm³/mol. The summed E-state index contributed by atoms with van der Waals surface area (Å²) in [5, 5.41) is 11.4. The summed E-state index contributed by atoms with van der Waals surface area (Å²) in [6, 6.07) is 4.26. The fourth-order valence-electron chi connectivity index (χ4n) is 2.17. The van der Waals surface area contributed by atoms with Crippen LogP contribution in [0.25, 0.3) is 0 Å². The molecule has 1 saturated carbocycles. The number of ether oxygens (including phenoxy) is 1. The quantitative estimate of drug-likeness (QED) is 0.843. The summed E-state index contributed by atoms with van der Waals surface area (Å²) in [6.45, 7) is 1.92. The van der Waals surface area contributed by atoms with Crippen LogP contribution in [0, 0.1) is 6.92 Å². The molecule has 0 spiro atoms. The molecule has 2 atom stereocenters. The minimum absolute atomic E-state index is 0.232. The van der Waals surface area contributed by atoms with Gasteiger partial charge in [-0.05, 0) is 39.3 Å². The molecule has 1 aliphatic carbocycles. The molecule has 0 bridgehead atoms. The first-order valence-electron chi connectivity index (χ1n) is 5.94. The van der Waals surface area contributed by atoms with Gasteiger partial charge in [-0.25, -0.2) is 0 Å². The van der Waals surface area contributed by atoms with Crippen LogP contribution < -0.4 is 10.1 Å². The molecule has 0 amide bonds. The van der Waals surface area contributed by atoms with E-state index < -0.39 is 0 Å². The van der Waals surface area contributed by atoms with Gasteiger partial charge in [0.1, 0.15) is 6.10 Å². The molecular weight excluding hydrogens is 202 g/mol. The summed E-state index contributed by atoms with van der Waals surface area (Å²) >= 11 is 0. The summed E-state index contributed by atoms with van der Waals surface area (Å²) in [6.07, 6.45) is 5.03. The molecule has 4 heteroatoms. The van der Waals surface area contributed by atoms with Crippen molar-refractivity contribution in [1.29, 1.82) is 0 Å². The average Bonchev–Trinajstić information content (AvgIpc) is 2.33. The van der Waals surface area contributed by atoms with E-state index in [2.05, 4.69) is 15.5 Å². The average molecular weight is 221 g/mol. The number of rotatable bonds is 3. The molecule has 2 rings (SSSR count). The Morgan fingerprint density at radius 1 is 1.25 bits per heavy atom. The Hall–Kier alpha value is -1.16. The molecule has 1 N–H and O–H groups in total. The van der Waals surface area contributed by atoms with Crippen molar-refractivity contribution in [2.24, 2.45) is 0 Å². The molecule has 1 aromatic heterocycles.